The maximum atomic E-state index is 13.2. The molecule has 0 bridgehead atoms. The maximum absolute atomic E-state index is 13.2. The number of anilines is 1. The average Bonchev–Trinajstić information content (AvgIpc) is 3.12. The Bertz CT molecular complexity index is 1060. The predicted molar refractivity (Wildman–Crippen MR) is 115 cm³/mol. The molecule has 1 aliphatic rings. The molecule has 1 aliphatic heterocycles. The molecular weight excluding hydrogens is 380 g/mol. The Labute approximate surface area is 175 Å². The summed E-state index contributed by atoms with van der Waals surface area (Å²) >= 11 is 0. The Kier molecular flexibility index (Phi) is 5.70. The van der Waals surface area contributed by atoms with Gasteiger partial charge in [0.15, 0.2) is 0 Å². The number of nitrogens with zero attached hydrogens (tertiary/aromatic N) is 3. The number of pyridine rings is 1. The third-order valence-corrected chi connectivity index (χ3v) is 5.39. The number of fused-ring (bicyclic) bond motifs is 1. The Balaban J connectivity index is 1.63. The normalized spacial score (nSPS) is 16.5. The van der Waals surface area contributed by atoms with Crippen molar-refractivity contribution in [3.8, 4) is 11.3 Å². The number of rotatable bonds is 4. The van der Waals surface area contributed by atoms with E-state index in [1.54, 1.807) is 11.8 Å². The zero-order valence-electron chi connectivity index (χ0n) is 17.3. The number of carbonyl (C=O) groups is 2. The average molecular weight is 406 g/mol. The van der Waals surface area contributed by atoms with E-state index in [4.69, 9.17) is 9.72 Å². The standard InChI is InChI=1S/C23H26N4O3/c1-3-30-23(29)26-12-7-10-18(15-26)22(28)25-21-20(17-8-5-4-6-9-17)24-19-14-16(2)11-13-27(19)21/h4-6,8-9,11,13-14,18H,3,7,10,12,15H2,1-2H3,(H,25,28). The fourth-order valence-electron chi connectivity index (χ4n) is 3.85. The van der Waals surface area contributed by atoms with Gasteiger partial charge in [-0.1, -0.05) is 30.3 Å². The zero-order valence-corrected chi connectivity index (χ0v) is 17.3. The highest BCUT2D eigenvalue weighted by Gasteiger charge is 2.30. The number of nitrogens with one attached hydrogen (secondary N) is 1. The van der Waals surface area contributed by atoms with Crippen LogP contribution in [0.4, 0.5) is 10.6 Å². The molecule has 156 valence electrons. The lowest BCUT2D eigenvalue weighted by molar-refractivity contribution is -0.121. The van der Waals surface area contributed by atoms with Crippen LogP contribution in [0.1, 0.15) is 25.3 Å². The highest BCUT2D eigenvalue weighted by molar-refractivity contribution is 5.96. The van der Waals surface area contributed by atoms with Crippen molar-refractivity contribution < 1.29 is 14.3 Å². The van der Waals surface area contributed by atoms with Crippen LogP contribution in [-0.4, -0.2) is 46.0 Å². The summed E-state index contributed by atoms with van der Waals surface area (Å²) in [7, 11) is 0. The summed E-state index contributed by atoms with van der Waals surface area (Å²) < 4.78 is 7.00. The van der Waals surface area contributed by atoms with E-state index >= 15 is 0 Å². The second-order valence-electron chi connectivity index (χ2n) is 7.58. The van der Waals surface area contributed by atoms with Gasteiger partial charge in [0.1, 0.15) is 17.2 Å². The summed E-state index contributed by atoms with van der Waals surface area (Å²) in [6, 6.07) is 13.8. The van der Waals surface area contributed by atoms with Crippen molar-refractivity contribution in [3.63, 3.8) is 0 Å². The number of aryl methyl sites for hydroxylation is 1. The molecule has 1 saturated heterocycles. The number of piperidine rings is 1. The minimum Gasteiger partial charge on any atom is -0.450 e. The number of hydrogen-bond acceptors (Lipinski definition) is 4. The second-order valence-corrected chi connectivity index (χ2v) is 7.58. The van der Waals surface area contributed by atoms with Crippen LogP contribution in [0.15, 0.2) is 48.7 Å². The summed E-state index contributed by atoms with van der Waals surface area (Å²) in [5, 5.41) is 3.10. The molecule has 0 spiro atoms. The van der Waals surface area contributed by atoms with Crippen LogP contribution < -0.4 is 5.32 Å². The molecule has 2 amide bonds. The van der Waals surface area contributed by atoms with E-state index in [0.29, 0.717) is 25.5 Å². The topological polar surface area (TPSA) is 75.9 Å². The van der Waals surface area contributed by atoms with Gasteiger partial charge in [0.05, 0.1) is 12.5 Å². The van der Waals surface area contributed by atoms with E-state index in [1.807, 2.05) is 60.0 Å². The minimum absolute atomic E-state index is 0.108. The van der Waals surface area contributed by atoms with Crippen molar-refractivity contribution in [2.75, 3.05) is 25.0 Å². The number of aromatic nitrogens is 2. The first-order valence-electron chi connectivity index (χ1n) is 10.3. The number of likely N-dealkylation sites (tertiary alicyclic amines) is 1. The first-order chi connectivity index (χ1) is 14.6. The molecule has 3 heterocycles. The first-order valence-corrected chi connectivity index (χ1v) is 10.3. The maximum Gasteiger partial charge on any atom is 0.409 e. The SMILES string of the molecule is CCOC(=O)N1CCCC(C(=O)Nc2c(-c3ccccc3)nc3cc(C)ccn23)C1. The van der Waals surface area contributed by atoms with Crippen molar-refractivity contribution in [1.29, 1.82) is 0 Å². The number of benzene rings is 1. The van der Waals surface area contributed by atoms with Gasteiger partial charge in [-0.2, -0.15) is 0 Å². The molecule has 0 radical (unpaired) electrons. The lowest BCUT2D eigenvalue weighted by Crippen LogP contribution is -2.44. The van der Waals surface area contributed by atoms with Gasteiger partial charge in [0.2, 0.25) is 5.91 Å². The van der Waals surface area contributed by atoms with E-state index in [-0.39, 0.29) is 17.9 Å². The molecule has 7 heteroatoms. The fraction of sp³-hybridized carbons (Fsp3) is 0.348. The van der Waals surface area contributed by atoms with E-state index in [0.717, 1.165) is 35.3 Å². The van der Waals surface area contributed by atoms with Gasteiger partial charge in [-0.05, 0) is 44.4 Å². The molecule has 30 heavy (non-hydrogen) atoms. The predicted octanol–water partition coefficient (Wildman–Crippen LogP) is 4.12. The van der Waals surface area contributed by atoms with Gasteiger partial charge >= 0.3 is 6.09 Å². The molecule has 1 atom stereocenters. The van der Waals surface area contributed by atoms with Gasteiger partial charge in [-0.15, -0.1) is 0 Å². The first kappa shape index (κ1) is 19.9. The molecule has 4 rings (SSSR count). The van der Waals surface area contributed by atoms with Crippen LogP contribution in [0, 0.1) is 12.8 Å². The van der Waals surface area contributed by atoms with Crippen molar-refractivity contribution in [2.45, 2.75) is 26.7 Å². The molecule has 7 nitrogen and oxygen atoms in total. The fourth-order valence-corrected chi connectivity index (χ4v) is 3.85. The number of imidazole rings is 1. The molecule has 1 unspecified atom stereocenters. The molecule has 0 aliphatic carbocycles. The highest BCUT2D eigenvalue weighted by atomic mass is 16.6. The van der Waals surface area contributed by atoms with Crippen LogP contribution in [0.3, 0.4) is 0 Å². The Morgan fingerprint density at radius 2 is 2.03 bits per heavy atom. The lowest BCUT2D eigenvalue weighted by Gasteiger charge is -2.31. The Morgan fingerprint density at radius 3 is 2.80 bits per heavy atom. The third-order valence-electron chi connectivity index (χ3n) is 5.39. The second kappa shape index (κ2) is 8.57. The smallest absolute Gasteiger partial charge is 0.409 e. The summed E-state index contributed by atoms with van der Waals surface area (Å²) in [5.74, 6) is 0.251. The van der Waals surface area contributed by atoms with Gasteiger partial charge in [-0.3, -0.25) is 9.20 Å². The van der Waals surface area contributed by atoms with Crippen LogP contribution in [0.25, 0.3) is 16.9 Å². The highest BCUT2D eigenvalue weighted by Crippen LogP contribution is 2.30. The number of ether oxygens (including phenoxy) is 1. The minimum atomic E-state index is -0.356. The van der Waals surface area contributed by atoms with Crippen LogP contribution in [-0.2, 0) is 9.53 Å². The molecular formula is C23H26N4O3. The molecule has 1 fully saturated rings. The van der Waals surface area contributed by atoms with Crippen molar-refractivity contribution in [3.05, 3.63) is 54.2 Å². The van der Waals surface area contributed by atoms with Crippen molar-refractivity contribution in [1.82, 2.24) is 14.3 Å². The van der Waals surface area contributed by atoms with E-state index in [2.05, 4.69) is 5.32 Å². The summed E-state index contributed by atoms with van der Waals surface area (Å²) in [6.45, 7) is 5.10. The van der Waals surface area contributed by atoms with Gasteiger partial charge in [-0.25, -0.2) is 9.78 Å². The monoisotopic (exact) mass is 406 g/mol. The van der Waals surface area contributed by atoms with Crippen LogP contribution >= 0.6 is 0 Å². The van der Waals surface area contributed by atoms with E-state index in [1.165, 1.54) is 0 Å². The van der Waals surface area contributed by atoms with Gasteiger partial charge in [0.25, 0.3) is 0 Å². The number of amides is 2. The van der Waals surface area contributed by atoms with Gasteiger partial charge in [0, 0.05) is 24.8 Å². The van der Waals surface area contributed by atoms with E-state index < -0.39 is 0 Å². The van der Waals surface area contributed by atoms with Crippen molar-refractivity contribution in [2.24, 2.45) is 5.92 Å². The van der Waals surface area contributed by atoms with Crippen LogP contribution in [0.5, 0.6) is 0 Å². The van der Waals surface area contributed by atoms with E-state index in [9.17, 15) is 9.59 Å². The number of hydrogen-bond donors (Lipinski definition) is 1. The molecule has 2 aromatic heterocycles. The molecule has 1 aromatic carbocycles. The Hall–Kier alpha value is -3.35. The lowest BCUT2D eigenvalue weighted by atomic mass is 9.97. The molecule has 1 N–H and O–H groups in total. The summed E-state index contributed by atoms with van der Waals surface area (Å²) in [5.41, 5.74) is 3.54. The summed E-state index contributed by atoms with van der Waals surface area (Å²) in [4.78, 5) is 31.6. The Morgan fingerprint density at radius 1 is 1.23 bits per heavy atom. The quantitative estimate of drug-likeness (QED) is 0.707. The third kappa shape index (κ3) is 4.01. The summed E-state index contributed by atoms with van der Waals surface area (Å²) in [6.07, 6.45) is 3.07. The zero-order chi connectivity index (χ0) is 21.1. The largest absolute Gasteiger partial charge is 0.450 e. The van der Waals surface area contributed by atoms with Gasteiger partial charge < -0.3 is 15.0 Å². The van der Waals surface area contributed by atoms with Crippen LogP contribution in [0.2, 0.25) is 0 Å². The molecule has 0 saturated carbocycles. The number of carbonyl (C=O) groups excluding carboxylic acids is 2. The van der Waals surface area contributed by atoms with Crippen molar-refractivity contribution >= 4 is 23.5 Å². The molecule has 3 aromatic rings.